The molecule has 2 rings (SSSR count). The number of aryl methyl sites for hydroxylation is 1. The maximum atomic E-state index is 11.7. The predicted molar refractivity (Wildman–Crippen MR) is 75.3 cm³/mol. The lowest BCUT2D eigenvalue weighted by Crippen LogP contribution is -2.04. The quantitative estimate of drug-likeness (QED) is 0.611. The summed E-state index contributed by atoms with van der Waals surface area (Å²) < 4.78 is 2.01. The van der Waals surface area contributed by atoms with Gasteiger partial charge in [-0.1, -0.05) is 17.7 Å². The number of Topliss-reactive ketones (excluding diaryl/α,β-unsaturated/α-hetero) is 1. The van der Waals surface area contributed by atoms with Crippen LogP contribution in [0.25, 0.3) is 5.69 Å². The first-order valence-corrected chi connectivity index (χ1v) is 6.50. The normalized spacial score (nSPS) is 10.7. The molecule has 0 fully saturated rings. The Bertz CT molecular complexity index is 602. The molecule has 0 saturated carbocycles. The van der Waals surface area contributed by atoms with E-state index in [1.165, 1.54) is 0 Å². The van der Waals surface area contributed by atoms with E-state index in [0.717, 1.165) is 17.1 Å². The van der Waals surface area contributed by atoms with E-state index in [9.17, 15) is 4.79 Å². The summed E-state index contributed by atoms with van der Waals surface area (Å²) in [7, 11) is 0. The average Bonchev–Trinajstić information content (AvgIpc) is 2.64. The maximum absolute atomic E-state index is 11.7. The van der Waals surface area contributed by atoms with E-state index in [-0.39, 0.29) is 11.7 Å². The molecule has 0 saturated heterocycles. The number of carbonyl (C=O) groups is 1. The van der Waals surface area contributed by atoms with E-state index in [1.54, 1.807) is 0 Å². The van der Waals surface area contributed by atoms with Gasteiger partial charge in [-0.25, -0.2) is 0 Å². The summed E-state index contributed by atoms with van der Waals surface area (Å²) >= 11 is 11.6. The largest absolute Gasteiger partial charge is 0.318 e. The Morgan fingerprint density at radius 2 is 2.00 bits per heavy atom. The van der Waals surface area contributed by atoms with E-state index in [1.807, 2.05) is 48.7 Å². The molecule has 0 N–H and O–H groups in total. The number of nitrogens with zero attached hydrogens (tertiary/aromatic N) is 1. The number of hydrogen-bond donors (Lipinski definition) is 0. The Balaban J connectivity index is 2.59. The highest BCUT2D eigenvalue weighted by atomic mass is 35.5. The summed E-state index contributed by atoms with van der Waals surface area (Å²) in [5.41, 5.74) is 3.50. The van der Waals surface area contributed by atoms with Crippen molar-refractivity contribution in [3.8, 4) is 5.69 Å². The van der Waals surface area contributed by atoms with E-state index >= 15 is 0 Å². The standard InChI is InChI=1S/C14H13Cl2NO/c1-9-6-13(14(18)8-15)10(2)17(9)12-5-3-4-11(16)7-12/h3-7H,8H2,1-2H3. The van der Waals surface area contributed by atoms with Crippen molar-refractivity contribution in [2.75, 3.05) is 5.88 Å². The highest BCUT2D eigenvalue weighted by Gasteiger charge is 2.15. The van der Waals surface area contributed by atoms with Crippen molar-refractivity contribution in [2.45, 2.75) is 13.8 Å². The van der Waals surface area contributed by atoms with Crippen LogP contribution in [0.4, 0.5) is 0 Å². The van der Waals surface area contributed by atoms with Crippen molar-refractivity contribution in [1.29, 1.82) is 0 Å². The maximum Gasteiger partial charge on any atom is 0.179 e. The number of ketones is 1. The fourth-order valence-corrected chi connectivity index (χ4v) is 2.46. The summed E-state index contributed by atoms with van der Waals surface area (Å²) in [6.45, 7) is 3.87. The van der Waals surface area contributed by atoms with Gasteiger partial charge >= 0.3 is 0 Å². The molecule has 0 aliphatic heterocycles. The first-order chi connectivity index (χ1) is 8.54. The van der Waals surface area contributed by atoms with Gasteiger partial charge in [-0.2, -0.15) is 0 Å². The lowest BCUT2D eigenvalue weighted by molar-refractivity contribution is 0.102. The number of alkyl halides is 1. The van der Waals surface area contributed by atoms with Crippen molar-refractivity contribution in [3.05, 3.63) is 52.3 Å². The number of halogens is 2. The van der Waals surface area contributed by atoms with Gasteiger partial charge in [0, 0.05) is 27.7 Å². The molecule has 4 heteroatoms. The third-order valence-corrected chi connectivity index (χ3v) is 3.40. The molecular weight excluding hydrogens is 269 g/mol. The Hall–Kier alpha value is -1.25. The number of hydrogen-bond acceptors (Lipinski definition) is 1. The summed E-state index contributed by atoms with van der Waals surface area (Å²) in [4.78, 5) is 11.7. The fourth-order valence-electron chi connectivity index (χ4n) is 2.13. The first-order valence-electron chi connectivity index (χ1n) is 5.58. The van der Waals surface area contributed by atoms with Crippen LogP contribution in [0.2, 0.25) is 5.02 Å². The molecule has 0 amide bonds. The van der Waals surface area contributed by atoms with Crippen molar-refractivity contribution >= 4 is 29.0 Å². The molecule has 0 spiro atoms. The highest BCUT2D eigenvalue weighted by molar-refractivity contribution is 6.31. The Labute approximate surface area is 116 Å². The van der Waals surface area contributed by atoms with Crippen LogP contribution >= 0.6 is 23.2 Å². The second kappa shape index (κ2) is 5.17. The van der Waals surface area contributed by atoms with Gasteiger partial charge in [0.15, 0.2) is 5.78 Å². The van der Waals surface area contributed by atoms with Crippen LogP contribution in [0.1, 0.15) is 21.7 Å². The molecule has 1 heterocycles. The van der Waals surface area contributed by atoms with Crippen LogP contribution in [0.5, 0.6) is 0 Å². The summed E-state index contributed by atoms with van der Waals surface area (Å²) in [6, 6.07) is 9.40. The van der Waals surface area contributed by atoms with Crippen LogP contribution in [-0.4, -0.2) is 16.2 Å². The smallest absolute Gasteiger partial charge is 0.179 e. The van der Waals surface area contributed by atoms with Crippen LogP contribution in [0.3, 0.4) is 0 Å². The molecule has 0 atom stereocenters. The Kier molecular flexibility index (Phi) is 3.79. The van der Waals surface area contributed by atoms with Crippen molar-refractivity contribution < 1.29 is 4.79 Å². The zero-order chi connectivity index (χ0) is 13.3. The SMILES string of the molecule is Cc1cc(C(=O)CCl)c(C)n1-c1cccc(Cl)c1. The molecule has 0 bridgehead atoms. The molecule has 94 valence electrons. The van der Waals surface area contributed by atoms with Gasteiger partial charge in [-0.3, -0.25) is 4.79 Å². The molecule has 1 aromatic carbocycles. The molecule has 0 aliphatic carbocycles. The monoisotopic (exact) mass is 281 g/mol. The number of aromatic nitrogens is 1. The van der Waals surface area contributed by atoms with E-state index in [0.29, 0.717) is 10.6 Å². The fraction of sp³-hybridized carbons (Fsp3) is 0.214. The molecular formula is C14H13Cl2NO. The van der Waals surface area contributed by atoms with Crippen LogP contribution in [0, 0.1) is 13.8 Å². The molecule has 0 radical (unpaired) electrons. The molecule has 2 aromatic rings. The molecule has 2 nitrogen and oxygen atoms in total. The zero-order valence-electron chi connectivity index (χ0n) is 10.2. The molecule has 1 aromatic heterocycles. The lowest BCUT2D eigenvalue weighted by Gasteiger charge is -2.10. The lowest BCUT2D eigenvalue weighted by atomic mass is 10.2. The van der Waals surface area contributed by atoms with E-state index in [2.05, 4.69) is 0 Å². The molecule has 0 unspecified atom stereocenters. The summed E-state index contributed by atoms with van der Waals surface area (Å²) in [6.07, 6.45) is 0. The third kappa shape index (κ3) is 2.31. The number of benzene rings is 1. The van der Waals surface area contributed by atoms with Gasteiger partial charge < -0.3 is 4.57 Å². The van der Waals surface area contributed by atoms with Gasteiger partial charge in [-0.05, 0) is 38.1 Å². The van der Waals surface area contributed by atoms with Gasteiger partial charge in [0.2, 0.25) is 0 Å². The van der Waals surface area contributed by atoms with Crippen molar-refractivity contribution in [3.63, 3.8) is 0 Å². The molecule has 0 aliphatic rings. The van der Waals surface area contributed by atoms with E-state index < -0.39 is 0 Å². The summed E-state index contributed by atoms with van der Waals surface area (Å²) in [5, 5.41) is 0.671. The van der Waals surface area contributed by atoms with Gasteiger partial charge in [0.05, 0.1) is 5.88 Å². The minimum atomic E-state index is -0.0574. The topological polar surface area (TPSA) is 22.0 Å². The van der Waals surface area contributed by atoms with Gasteiger partial charge in [0.1, 0.15) is 0 Å². The van der Waals surface area contributed by atoms with E-state index in [4.69, 9.17) is 23.2 Å². The van der Waals surface area contributed by atoms with Crippen molar-refractivity contribution in [2.24, 2.45) is 0 Å². The Morgan fingerprint density at radius 3 is 2.61 bits per heavy atom. The summed E-state index contributed by atoms with van der Waals surface area (Å²) in [5.74, 6) is -0.0575. The minimum Gasteiger partial charge on any atom is -0.318 e. The average molecular weight is 282 g/mol. The van der Waals surface area contributed by atoms with Crippen molar-refractivity contribution in [1.82, 2.24) is 4.57 Å². The van der Waals surface area contributed by atoms with Gasteiger partial charge in [-0.15, -0.1) is 11.6 Å². The third-order valence-electron chi connectivity index (χ3n) is 2.92. The second-order valence-corrected chi connectivity index (χ2v) is 4.86. The van der Waals surface area contributed by atoms with Crippen LogP contribution in [-0.2, 0) is 0 Å². The molecule has 18 heavy (non-hydrogen) atoms. The Morgan fingerprint density at radius 1 is 1.28 bits per heavy atom. The first kappa shape index (κ1) is 13.2. The number of rotatable bonds is 3. The van der Waals surface area contributed by atoms with Gasteiger partial charge in [0.25, 0.3) is 0 Å². The zero-order valence-corrected chi connectivity index (χ0v) is 11.7. The van der Waals surface area contributed by atoms with Crippen LogP contribution in [0.15, 0.2) is 30.3 Å². The minimum absolute atomic E-state index is 0.000160. The second-order valence-electron chi connectivity index (χ2n) is 4.16. The predicted octanol–water partition coefficient (Wildman–Crippen LogP) is 4.17. The number of carbonyl (C=O) groups excluding carboxylic acids is 1. The van der Waals surface area contributed by atoms with Crippen LogP contribution < -0.4 is 0 Å². The highest BCUT2D eigenvalue weighted by Crippen LogP contribution is 2.23.